The van der Waals surface area contributed by atoms with Gasteiger partial charge in [0.2, 0.25) is 0 Å². The van der Waals surface area contributed by atoms with Gasteiger partial charge in [-0.2, -0.15) is 0 Å². The van der Waals surface area contributed by atoms with Crippen molar-refractivity contribution in [2.75, 3.05) is 25.5 Å². The van der Waals surface area contributed by atoms with E-state index in [-0.39, 0.29) is 11.4 Å². The van der Waals surface area contributed by atoms with E-state index in [9.17, 15) is 10.1 Å². The molecule has 92 valence electrons. The van der Waals surface area contributed by atoms with Gasteiger partial charge in [0.1, 0.15) is 5.69 Å². The lowest BCUT2D eigenvalue weighted by molar-refractivity contribution is -0.384. The topological polar surface area (TPSA) is 90.4 Å². The lowest BCUT2D eigenvalue weighted by Crippen LogP contribution is -2.04. The highest BCUT2D eigenvalue weighted by molar-refractivity contribution is 5.68. The van der Waals surface area contributed by atoms with Crippen LogP contribution in [0.15, 0.2) is 30.4 Å². The van der Waals surface area contributed by atoms with Crippen LogP contribution in [0.5, 0.6) is 5.75 Å². The summed E-state index contributed by atoms with van der Waals surface area (Å²) >= 11 is 0. The van der Waals surface area contributed by atoms with Crippen LogP contribution < -0.4 is 15.8 Å². The number of nitrogens with two attached hydrogens (primary N) is 1. The van der Waals surface area contributed by atoms with Crippen molar-refractivity contribution in [1.29, 1.82) is 0 Å². The molecular weight excluding hydrogens is 222 g/mol. The first-order valence-electron chi connectivity index (χ1n) is 5.11. The van der Waals surface area contributed by atoms with Gasteiger partial charge in [0.25, 0.3) is 0 Å². The van der Waals surface area contributed by atoms with E-state index >= 15 is 0 Å². The smallest absolute Gasteiger partial charge is 0.333 e. The average molecular weight is 237 g/mol. The highest BCUT2D eigenvalue weighted by Crippen LogP contribution is 2.34. The Morgan fingerprint density at radius 1 is 1.53 bits per heavy atom. The molecule has 0 aromatic heterocycles. The van der Waals surface area contributed by atoms with Crippen molar-refractivity contribution in [2.45, 2.75) is 0 Å². The Morgan fingerprint density at radius 2 is 2.29 bits per heavy atom. The van der Waals surface area contributed by atoms with Crippen LogP contribution in [0.1, 0.15) is 0 Å². The largest absolute Gasteiger partial charge is 0.490 e. The highest BCUT2D eigenvalue weighted by atomic mass is 16.6. The number of anilines is 1. The number of nitrogens with zero attached hydrogens (tertiary/aromatic N) is 1. The van der Waals surface area contributed by atoms with E-state index < -0.39 is 4.92 Å². The molecule has 17 heavy (non-hydrogen) atoms. The Labute approximate surface area is 99.2 Å². The van der Waals surface area contributed by atoms with Crippen LogP contribution >= 0.6 is 0 Å². The zero-order valence-corrected chi connectivity index (χ0v) is 9.55. The summed E-state index contributed by atoms with van der Waals surface area (Å²) in [6, 6.07) is 4.89. The molecule has 1 aromatic carbocycles. The summed E-state index contributed by atoms with van der Waals surface area (Å²) in [5.74, 6) is 0.239. The first kappa shape index (κ1) is 13.0. The van der Waals surface area contributed by atoms with E-state index in [4.69, 9.17) is 10.5 Å². The maximum absolute atomic E-state index is 10.9. The summed E-state index contributed by atoms with van der Waals surface area (Å²) in [7, 11) is 1.40. The van der Waals surface area contributed by atoms with Crippen molar-refractivity contribution < 1.29 is 9.66 Å². The molecule has 0 fully saturated rings. The molecule has 0 saturated heterocycles. The molecule has 1 rings (SSSR count). The van der Waals surface area contributed by atoms with E-state index in [1.54, 1.807) is 24.3 Å². The molecule has 0 atom stereocenters. The zero-order valence-electron chi connectivity index (χ0n) is 9.55. The normalized spacial score (nSPS) is 10.5. The van der Waals surface area contributed by atoms with Crippen molar-refractivity contribution in [3.05, 3.63) is 40.5 Å². The number of rotatable bonds is 6. The molecule has 6 nitrogen and oxygen atoms in total. The molecular formula is C11H15N3O3. The molecule has 0 aliphatic heterocycles. The summed E-state index contributed by atoms with van der Waals surface area (Å²) in [5, 5.41) is 13.9. The number of nitro benzene ring substituents is 1. The summed E-state index contributed by atoms with van der Waals surface area (Å²) in [6.07, 6.45) is 3.59. The molecule has 0 amide bonds. The minimum atomic E-state index is -0.464. The Bertz CT molecular complexity index is 418. The Balaban J connectivity index is 2.90. The number of benzene rings is 1. The molecule has 0 aliphatic carbocycles. The second kappa shape index (κ2) is 6.49. The van der Waals surface area contributed by atoms with Gasteiger partial charge in [-0.1, -0.05) is 18.2 Å². The van der Waals surface area contributed by atoms with Crippen molar-refractivity contribution in [1.82, 2.24) is 0 Å². The van der Waals surface area contributed by atoms with Gasteiger partial charge in [-0.15, -0.1) is 0 Å². The third-order valence-corrected chi connectivity index (χ3v) is 2.11. The van der Waals surface area contributed by atoms with Gasteiger partial charge in [-0.25, -0.2) is 0 Å². The molecule has 0 unspecified atom stereocenters. The summed E-state index contributed by atoms with van der Waals surface area (Å²) in [5.41, 5.74) is 5.66. The van der Waals surface area contributed by atoms with E-state index in [0.717, 1.165) is 0 Å². The summed E-state index contributed by atoms with van der Waals surface area (Å²) in [4.78, 5) is 10.5. The number of hydrogen-bond acceptors (Lipinski definition) is 5. The molecule has 0 saturated carbocycles. The summed E-state index contributed by atoms with van der Waals surface area (Å²) < 4.78 is 4.96. The fourth-order valence-electron chi connectivity index (χ4n) is 1.37. The second-order valence-corrected chi connectivity index (χ2v) is 3.20. The number of hydrogen-bond donors (Lipinski definition) is 2. The van der Waals surface area contributed by atoms with Crippen molar-refractivity contribution in [3.8, 4) is 5.75 Å². The van der Waals surface area contributed by atoms with Crippen molar-refractivity contribution in [2.24, 2.45) is 5.73 Å². The monoisotopic (exact) mass is 237 g/mol. The number of nitro groups is 1. The van der Waals surface area contributed by atoms with Crippen LogP contribution in [-0.2, 0) is 0 Å². The van der Waals surface area contributed by atoms with E-state index in [2.05, 4.69) is 5.32 Å². The van der Waals surface area contributed by atoms with Gasteiger partial charge in [-0.3, -0.25) is 10.1 Å². The van der Waals surface area contributed by atoms with Crippen LogP contribution in [0.2, 0.25) is 0 Å². The molecule has 0 heterocycles. The Hall–Kier alpha value is -2.08. The van der Waals surface area contributed by atoms with Crippen LogP contribution in [0.3, 0.4) is 0 Å². The lowest BCUT2D eigenvalue weighted by atomic mass is 10.2. The molecule has 0 bridgehead atoms. The molecule has 3 N–H and O–H groups in total. The van der Waals surface area contributed by atoms with Crippen molar-refractivity contribution >= 4 is 11.4 Å². The first-order chi connectivity index (χ1) is 8.20. The van der Waals surface area contributed by atoms with Gasteiger partial charge >= 0.3 is 5.69 Å². The van der Waals surface area contributed by atoms with Crippen LogP contribution in [0.25, 0.3) is 0 Å². The average Bonchev–Trinajstić information content (AvgIpc) is 2.33. The first-order valence-corrected chi connectivity index (χ1v) is 5.11. The SMILES string of the molecule is COc1cccc(NC/C=C/CN)c1[N+](=O)[O-]. The predicted molar refractivity (Wildman–Crippen MR) is 66.3 cm³/mol. The van der Waals surface area contributed by atoms with Crippen LogP contribution in [0.4, 0.5) is 11.4 Å². The van der Waals surface area contributed by atoms with Gasteiger partial charge in [-0.05, 0) is 12.1 Å². The highest BCUT2D eigenvalue weighted by Gasteiger charge is 2.19. The maximum Gasteiger partial charge on any atom is 0.333 e. The molecule has 0 aliphatic rings. The fraction of sp³-hybridized carbons (Fsp3) is 0.273. The van der Waals surface area contributed by atoms with E-state index in [1.807, 2.05) is 6.08 Å². The number of ether oxygens (including phenoxy) is 1. The van der Waals surface area contributed by atoms with Crippen LogP contribution in [0, 0.1) is 10.1 Å². The Morgan fingerprint density at radius 3 is 2.88 bits per heavy atom. The number of nitrogens with one attached hydrogen (secondary N) is 1. The minimum Gasteiger partial charge on any atom is -0.490 e. The van der Waals surface area contributed by atoms with Gasteiger partial charge in [0, 0.05) is 13.1 Å². The molecule has 1 aromatic rings. The van der Waals surface area contributed by atoms with E-state index in [0.29, 0.717) is 18.8 Å². The standard InChI is InChI=1S/C11H15N3O3/c1-17-10-6-4-5-9(11(10)14(15)16)13-8-3-2-7-12/h2-6,13H,7-8,12H2,1H3/b3-2+. The van der Waals surface area contributed by atoms with Gasteiger partial charge in [0.15, 0.2) is 5.75 Å². The number of methoxy groups -OCH3 is 1. The third kappa shape index (κ3) is 3.46. The van der Waals surface area contributed by atoms with Crippen molar-refractivity contribution in [3.63, 3.8) is 0 Å². The fourth-order valence-corrected chi connectivity index (χ4v) is 1.37. The predicted octanol–water partition coefficient (Wildman–Crippen LogP) is 1.53. The lowest BCUT2D eigenvalue weighted by Gasteiger charge is -2.07. The molecule has 0 spiro atoms. The quantitative estimate of drug-likeness (QED) is 0.445. The van der Waals surface area contributed by atoms with E-state index in [1.165, 1.54) is 7.11 Å². The van der Waals surface area contributed by atoms with Gasteiger partial charge < -0.3 is 15.8 Å². The third-order valence-electron chi connectivity index (χ3n) is 2.11. The van der Waals surface area contributed by atoms with Crippen LogP contribution in [-0.4, -0.2) is 25.1 Å². The zero-order chi connectivity index (χ0) is 12.7. The minimum absolute atomic E-state index is 0.0591. The second-order valence-electron chi connectivity index (χ2n) is 3.20. The maximum atomic E-state index is 10.9. The van der Waals surface area contributed by atoms with Gasteiger partial charge in [0.05, 0.1) is 12.0 Å². The number of para-hydroxylation sites is 1. The summed E-state index contributed by atoms with van der Waals surface area (Å²) in [6.45, 7) is 0.924. The molecule has 6 heteroatoms. The Kier molecular flexibility index (Phi) is 4.96. The molecule has 0 radical (unpaired) electrons.